The minimum atomic E-state index is -2.00. The number of amides is 4. The first kappa shape index (κ1) is 52.9. The molecule has 4 amide bonds. The third kappa shape index (κ3) is 14.5. The van der Waals surface area contributed by atoms with E-state index in [9.17, 15) is 24.3 Å². The molecule has 4 N–H and O–H groups in total. The Hall–Kier alpha value is -4.45. The van der Waals surface area contributed by atoms with E-state index in [4.69, 9.17) is 14.2 Å². The molecule has 5 atom stereocenters. The van der Waals surface area contributed by atoms with E-state index in [-0.39, 0.29) is 38.5 Å². The number of methoxy groups -OCH3 is 1. The summed E-state index contributed by atoms with van der Waals surface area (Å²) in [6, 6.07) is 11.2. The van der Waals surface area contributed by atoms with Crippen molar-refractivity contribution in [2.24, 2.45) is 11.8 Å². The number of halogens is 1. The van der Waals surface area contributed by atoms with Crippen LogP contribution >= 0.6 is 23.1 Å². The lowest BCUT2D eigenvalue weighted by Crippen LogP contribution is -2.61. The number of anilines is 1. The summed E-state index contributed by atoms with van der Waals surface area (Å²) in [5, 5.41) is 19.3. The van der Waals surface area contributed by atoms with Gasteiger partial charge in [-0.3, -0.25) is 19.7 Å². The molecule has 0 spiro atoms. The van der Waals surface area contributed by atoms with E-state index in [1.54, 1.807) is 42.3 Å². The summed E-state index contributed by atoms with van der Waals surface area (Å²) in [5.41, 5.74) is 2.58. The Morgan fingerprint density at radius 2 is 1.75 bits per heavy atom. The Kier molecular flexibility index (Phi) is 17.9. The van der Waals surface area contributed by atoms with Crippen LogP contribution in [0.4, 0.5) is 14.9 Å². The van der Waals surface area contributed by atoms with Gasteiger partial charge in [0.2, 0.25) is 11.8 Å². The van der Waals surface area contributed by atoms with E-state index < -0.39 is 58.0 Å². The van der Waals surface area contributed by atoms with Gasteiger partial charge in [-0.1, -0.05) is 44.5 Å². The van der Waals surface area contributed by atoms with E-state index in [2.05, 4.69) is 39.7 Å². The molecule has 3 fully saturated rings. The first-order chi connectivity index (χ1) is 32.2. The van der Waals surface area contributed by atoms with Crippen LogP contribution in [-0.2, 0) is 25.7 Å². The quantitative estimate of drug-likeness (QED) is 0.0807. The smallest absolute Gasteiger partial charge is 0.412 e. The van der Waals surface area contributed by atoms with Crippen molar-refractivity contribution >= 4 is 52.6 Å². The van der Waals surface area contributed by atoms with E-state index >= 15 is 4.39 Å². The fraction of sp³-hybridized carbons (Fsp3) is 0.627. The van der Waals surface area contributed by atoms with Crippen molar-refractivity contribution in [2.75, 3.05) is 44.4 Å². The van der Waals surface area contributed by atoms with E-state index in [1.807, 2.05) is 77.4 Å². The number of rotatable bonds is 21. The van der Waals surface area contributed by atoms with Crippen LogP contribution in [0.1, 0.15) is 111 Å². The third-order valence-corrected chi connectivity index (χ3v) is 15.8. The zero-order chi connectivity index (χ0) is 49.4. The molecule has 3 aromatic rings. The second-order valence-corrected chi connectivity index (χ2v) is 23.0. The predicted octanol–water partition coefficient (Wildman–Crippen LogP) is 8.54. The summed E-state index contributed by atoms with van der Waals surface area (Å²) in [4.78, 5) is 63.1. The number of thiazole rings is 1. The van der Waals surface area contributed by atoms with Crippen LogP contribution in [0.2, 0.25) is 0 Å². The number of likely N-dealkylation sites (tertiary alicyclic amines) is 2. The van der Waals surface area contributed by atoms with Gasteiger partial charge in [-0.2, -0.15) is 11.8 Å². The van der Waals surface area contributed by atoms with Crippen molar-refractivity contribution in [3.63, 3.8) is 0 Å². The van der Waals surface area contributed by atoms with Crippen LogP contribution < -0.4 is 25.4 Å². The maximum atomic E-state index is 15.2. The molecule has 14 nitrogen and oxygen atoms in total. The van der Waals surface area contributed by atoms with Gasteiger partial charge in [-0.25, -0.2) is 14.2 Å². The maximum absolute atomic E-state index is 15.2. The van der Waals surface area contributed by atoms with E-state index in [0.29, 0.717) is 34.8 Å². The fourth-order valence-electron chi connectivity index (χ4n) is 8.76. The van der Waals surface area contributed by atoms with Gasteiger partial charge in [0, 0.05) is 50.0 Å². The molecule has 3 heterocycles. The summed E-state index contributed by atoms with van der Waals surface area (Å²) >= 11 is 3.14. The lowest BCUT2D eigenvalue weighted by atomic mass is 9.94. The topological polar surface area (TPSA) is 172 Å². The Bertz CT molecular complexity index is 2190. The molecule has 2 aromatic carbocycles. The van der Waals surface area contributed by atoms with Gasteiger partial charge < -0.3 is 39.8 Å². The number of benzene rings is 2. The van der Waals surface area contributed by atoms with Crippen LogP contribution in [0.25, 0.3) is 10.4 Å². The van der Waals surface area contributed by atoms with Crippen LogP contribution in [-0.4, -0.2) is 123 Å². The lowest BCUT2D eigenvalue weighted by molar-refractivity contribution is -0.143. The van der Waals surface area contributed by atoms with Crippen molar-refractivity contribution < 1.29 is 42.9 Å². The van der Waals surface area contributed by atoms with Crippen molar-refractivity contribution in [3.8, 4) is 21.9 Å². The summed E-state index contributed by atoms with van der Waals surface area (Å²) in [6.07, 6.45) is 3.72. The minimum Gasteiger partial charge on any atom is -0.494 e. The Labute approximate surface area is 410 Å². The highest BCUT2D eigenvalue weighted by atomic mass is 32.2. The number of hydrogen-bond acceptors (Lipinski definition) is 12. The van der Waals surface area contributed by atoms with Crippen molar-refractivity contribution in [2.45, 2.75) is 154 Å². The Morgan fingerprint density at radius 3 is 2.37 bits per heavy atom. The number of aliphatic hydroxyl groups is 1. The zero-order valence-electron chi connectivity index (χ0n) is 41.3. The van der Waals surface area contributed by atoms with Gasteiger partial charge in [0.1, 0.15) is 35.3 Å². The van der Waals surface area contributed by atoms with Crippen LogP contribution in [0, 0.1) is 18.8 Å². The molecule has 1 aromatic heterocycles. The molecule has 1 aliphatic carbocycles. The van der Waals surface area contributed by atoms with Gasteiger partial charge >= 0.3 is 6.09 Å². The number of alkyl halides is 1. The van der Waals surface area contributed by atoms with Crippen LogP contribution in [0.3, 0.4) is 0 Å². The summed E-state index contributed by atoms with van der Waals surface area (Å²) in [6.45, 7) is 18.6. The molecule has 2 saturated heterocycles. The highest BCUT2D eigenvalue weighted by Crippen LogP contribution is 2.41. The highest BCUT2D eigenvalue weighted by molar-refractivity contribution is 8.00. The normalized spacial score (nSPS) is 20.0. The number of carbonyl (C=O) groups is 4. The number of thioether (sulfide) groups is 1. The Balaban J connectivity index is 0.980. The monoisotopic (exact) mass is 980 g/mol. The number of piperidine rings is 1. The van der Waals surface area contributed by atoms with Crippen molar-refractivity contribution in [3.05, 3.63) is 59.2 Å². The summed E-state index contributed by atoms with van der Waals surface area (Å²) in [7, 11) is 1.55. The molecule has 6 rings (SSSR count). The highest BCUT2D eigenvalue weighted by Gasteiger charge is 2.54. The van der Waals surface area contributed by atoms with E-state index in [0.717, 1.165) is 73.4 Å². The number of β-amino-alcohol motifs (C(OH)–C–C–N with tert-alkyl or cyclic N) is 1. The van der Waals surface area contributed by atoms with Crippen LogP contribution in [0.15, 0.2) is 48.0 Å². The van der Waals surface area contributed by atoms with Gasteiger partial charge in [-0.05, 0) is 121 Å². The van der Waals surface area contributed by atoms with Gasteiger partial charge in [0.05, 0.1) is 35.0 Å². The lowest BCUT2D eigenvalue weighted by Gasteiger charge is -2.38. The van der Waals surface area contributed by atoms with E-state index in [1.165, 1.54) is 4.90 Å². The summed E-state index contributed by atoms with van der Waals surface area (Å²) in [5.74, 6) is 0.987. The molecule has 2 aliphatic heterocycles. The first-order valence-corrected chi connectivity index (χ1v) is 26.0. The van der Waals surface area contributed by atoms with Gasteiger partial charge in [0.15, 0.2) is 5.67 Å². The molecule has 374 valence electrons. The molecule has 1 unspecified atom stereocenters. The summed E-state index contributed by atoms with van der Waals surface area (Å²) < 4.78 is 31.6. The van der Waals surface area contributed by atoms with Gasteiger partial charge in [-0.15, -0.1) is 11.3 Å². The molecule has 0 radical (unpaired) electrons. The minimum absolute atomic E-state index is 0.0614. The van der Waals surface area contributed by atoms with Crippen molar-refractivity contribution in [1.29, 1.82) is 0 Å². The average Bonchev–Trinajstić information content (AvgIpc) is 3.70. The number of carbonyl (C=O) groups excluding carboxylic acids is 4. The molecule has 1 saturated carbocycles. The molecule has 68 heavy (non-hydrogen) atoms. The third-order valence-electron chi connectivity index (χ3n) is 13.2. The SMILES string of the molecule is CC[C@H](CC[C@@H](C)CSC(C)(C)C(NC(=O)C1(F)CC1)C(=O)N1C[C@H](O)C[C@H]1C(=O)NCc1ccc(-c2scnc2C)cc1)CN1CCC(Oc2ccc(NC(=O)OC(C)(C)C)c(OC)c2)CC1. The second kappa shape index (κ2) is 23.0. The predicted molar refractivity (Wildman–Crippen MR) is 267 cm³/mol. The number of aryl methyl sites for hydroxylation is 1. The number of nitrogens with zero attached hydrogens (tertiary/aromatic N) is 3. The van der Waals surface area contributed by atoms with Crippen molar-refractivity contribution in [1.82, 2.24) is 25.4 Å². The second-order valence-electron chi connectivity index (χ2n) is 20.4. The molecule has 17 heteroatoms. The standard InChI is InChI=1S/C51H73FN6O8S2/c1-10-34(28-57-23-19-38(20-24-57)65-39-17-18-40(42(26-39)64-9)55-48(63)66-49(4,5)6)12-11-32(2)30-68-50(7,8)44(56-47(62)51(52)21-22-51)46(61)58-29-37(59)25-41(58)45(60)53-27-35-13-15-36(16-14-35)43-33(3)54-31-67-43/h13-18,26,31-32,34,37-38,41,44,59H,10-12,19-25,27-30H2,1-9H3,(H,53,60)(H,55,63)(H,56,62)/t32-,34-,37-,41+,44?/m1/s1. The molecule has 3 aliphatic rings. The number of ether oxygens (including phenoxy) is 3. The number of aliphatic hydroxyl groups excluding tert-OH is 1. The van der Waals surface area contributed by atoms with Gasteiger partial charge in [0.25, 0.3) is 5.91 Å². The molecule has 0 bridgehead atoms. The Morgan fingerprint density at radius 1 is 1.04 bits per heavy atom. The number of nitrogens with one attached hydrogen (secondary N) is 3. The first-order valence-electron chi connectivity index (χ1n) is 24.1. The number of hydrogen-bond donors (Lipinski definition) is 4. The molecular weight excluding hydrogens is 908 g/mol. The van der Waals surface area contributed by atoms with Crippen LogP contribution in [0.5, 0.6) is 11.5 Å². The zero-order valence-corrected chi connectivity index (χ0v) is 43.0. The maximum Gasteiger partial charge on any atom is 0.412 e. The molecular formula is C51H73FN6O8S2. The largest absolute Gasteiger partial charge is 0.494 e. The number of aromatic nitrogens is 1. The fourth-order valence-corrected chi connectivity index (χ4v) is 10.8. The average molecular weight is 981 g/mol.